The number of carbonyl (C=O) groups is 1. The molecule has 0 fully saturated rings. The van der Waals surface area contributed by atoms with Gasteiger partial charge in [0.2, 0.25) is 5.89 Å². The molecule has 6 heteroatoms. The first-order valence-electron chi connectivity index (χ1n) is 6.57. The van der Waals surface area contributed by atoms with Gasteiger partial charge in [0.1, 0.15) is 5.76 Å². The number of nitrogens with zero attached hydrogens (tertiary/aromatic N) is 1. The van der Waals surface area contributed by atoms with Crippen LogP contribution in [0.15, 0.2) is 16.5 Å². The van der Waals surface area contributed by atoms with Crippen LogP contribution in [0, 0.1) is 20.8 Å². The number of nitrogens with two attached hydrogens (primary N) is 1. The van der Waals surface area contributed by atoms with Gasteiger partial charge in [-0.15, -0.1) is 0 Å². The first kappa shape index (κ1) is 14.9. The minimum Gasteiger partial charge on any atom is -0.465 e. The maximum Gasteiger partial charge on any atom is 0.340 e. The average Bonchev–Trinajstić information content (AvgIpc) is 2.78. The molecule has 2 rings (SSSR count). The van der Waals surface area contributed by atoms with Gasteiger partial charge in [-0.1, -0.05) is 0 Å². The lowest BCUT2D eigenvalue weighted by molar-refractivity contribution is 0.0602. The van der Waals surface area contributed by atoms with Crippen molar-refractivity contribution >= 4 is 17.3 Å². The van der Waals surface area contributed by atoms with Gasteiger partial charge >= 0.3 is 5.97 Å². The fourth-order valence-electron chi connectivity index (χ4n) is 1.97. The number of hydrogen-bond acceptors (Lipinski definition) is 6. The second-order valence-corrected chi connectivity index (χ2v) is 4.85. The molecule has 6 nitrogen and oxygen atoms in total. The summed E-state index contributed by atoms with van der Waals surface area (Å²) in [4.78, 5) is 16.0. The molecule has 1 aromatic carbocycles. The minimum atomic E-state index is -0.456. The monoisotopic (exact) mass is 289 g/mol. The second kappa shape index (κ2) is 5.87. The third kappa shape index (κ3) is 3.16. The summed E-state index contributed by atoms with van der Waals surface area (Å²) >= 11 is 0. The van der Waals surface area contributed by atoms with Crippen molar-refractivity contribution in [2.45, 2.75) is 27.3 Å². The summed E-state index contributed by atoms with van der Waals surface area (Å²) in [5, 5.41) is 3.17. The van der Waals surface area contributed by atoms with Crippen LogP contribution in [0.2, 0.25) is 0 Å². The van der Waals surface area contributed by atoms with Crippen molar-refractivity contribution in [2.75, 3.05) is 18.2 Å². The lowest BCUT2D eigenvalue weighted by Gasteiger charge is -2.11. The Kier molecular flexibility index (Phi) is 4.16. The number of benzene rings is 1. The number of ether oxygens (including phenoxy) is 1. The van der Waals surface area contributed by atoms with E-state index in [9.17, 15) is 4.79 Å². The molecule has 0 saturated carbocycles. The molecule has 0 atom stereocenters. The Morgan fingerprint density at radius 1 is 1.38 bits per heavy atom. The molecule has 0 aliphatic heterocycles. The molecule has 1 aromatic heterocycles. The Labute approximate surface area is 123 Å². The molecule has 0 radical (unpaired) electrons. The highest BCUT2D eigenvalue weighted by Gasteiger charge is 2.14. The number of aryl methyl sites for hydroxylation is 3. The third-order valence-corrected chi connectivity index (χ3v) is 3.31. The molecule has 0 bridgehead atoms. The Balaban J connectivity index is 2.20. The SMILES string of the molecule is COC(=O)c1cc(NCc2nc(C)c(C)o2)cc(C)c1N. The van der Waals surface area contributed by atoms with Gasteiger partial charge in [-0.25, -0.2) is 9.78 Å². The molecule has 0 unspecified atom stereocenters. The van der Waals surface area contributed by atoms with Crippen molar-refractivity contribution in [1.29, 1.82) is 0 Å². The molecule has 0 spiro atoms. The summed E-state index contributed by atoms with van der Waals surface area (Å²) in [6.45, 7) is 6.03. The van der Waals surface area contributed by atoms with Crippen LogP contribution in [0.25, 0.3) is 0 Å². The van der Waals surface area contributed by atoms with Crippen LogP contribution in [0.1, 0.15) is 33.3 Å². The lowest BCUT2D eigenvalue weighted by Crippen LogP contribution is -2.09. The summed E-state index contributed by atoms with van der Waals surface area (Å²) in [6, 6.07) is 3.53. The van der Waals surface area contributed by atoms with Crippen molar-refractivity contribution in [3.8, 4) is 0 Å². The summed E-state index contributed by atoms with van der Waals surface area (Å²) < 4.78 is 10.2. The zero-order valence-corrected chi connectivity index (χ0v) is 12.6. The van der Waals surface area contributed by atoms with Gasteiger partial charge in [0.25, 0.3) is 0 Å². The Hall–Kier alpha value is -2.50. The van der Waals surface area contributed by atoms with E-state index >= 15 is 0 Å². The number of nitrogens with one attached hydrogen (secondary N) is 1. The molecule has 0 aliphatic rings. The van der Waals surface area contributed by atoms with Gasteiger partial charge in [0.15, 0.2) is 0 Å². The number of aromatic nitrogens is 1. The van der Waals surface area contributed by atoms with Gasteiger partial charge in [-0.05, 0) is 38.5 Å². The van der Waals surface area contributed by atoms with E-state index in [0.29, 0.717) is 23.7 Å². The summed E-state index contributed by atoms with van der Waals surface area (Å²) in [5.41, 5.74) is 9.11. The number of oxazole rings is 1. The number of carbonyl (C=O) groups excluding carboxylic acids is 1. The van der Waals surface area contributed by atoms with Crippen LogP contribution >= 0.6 is 0 Å². The van der Waals surface area contributed by atoms with Crippen molar-refractivity contribution in [3.05, 3.63) is 40.6 Å². The largest absolute Gasteiger partial charge is 0.465 e. The van der Waals surface area contributed by atoms with E-state index in [2.05, 4.69) is 10.3 Å². The van der Waals surface area contributed by atoms with Gasteiger partial charge in [0.05, 0.1) is 24.9 Å². The fraction of sp³-hybridized carbons (Fsp3) is 0.333. The van der Waals surface area contributed by atoms with Gasteiger partial charge in [-0.3, -0.25) is 0 Å². The second-order valence-electron chi connectivity index (χ2n) is 4.85. The minimum absolute atomic E-state index is 0.347. The molecule has 0 aliphatic carbocycles. The molecule has 0 amide bonds. The van der Waals surface area contributed by atoms with Crippen LogP contribution in [0.5, 0.6) is 0 Å². The van der Waals surface area contributed by atoms with E-state index in [1.807, 2.05) is 26.8 Å². The standard InChI is InChI=1S/C15H19N3O3/c1-8-5-11(6-12(14(8)16)15(19)20-4)17-7-13-18-9(2)10(3)21-13/h5-6,17H,7,16H2,1-4H3. The maximum absolute atomic E-state index is 11.7. The predicted octanol–water partition coefficient (Wildman–Crippen LogP) is 2.58. The number of anilines is 2. The number of rotatable bonds is 4. The van der Waals surface area contributed by atoms with Crippen molar-refractivity contribution in [2.24, 2.45) is 0 Å². The smallest absolute Gasteiger partial charge is 0.340 e. The third-order valence-electron chi connectivity index (χ3n) is 3.31. The van der Waals surface area contributed by atoms with E-state index in [1.165, 1.54) is 7.11 Å². The molecule has 1 heterocycles. The number of methoxy groups -OCH3 is 1. The molecule has 2 aromatic rings. The zero-order chi connectivity index (χ0) is 15.6. The first-order chi connectivity index (χ1) is 9.92. The quantitative estimate of drug-likeness (QED) is 0.664. The van der Waals surface area contributed by atoms with Crippen LogP contribution in [0.4, 0.5) is 11.4 Å². The average molecular weight is 289 g/mol. The Bertz CT molecular complexity index is 658. The highest BCUT2D eigenvalue weighted by Crippen LogP contribution is 2.24. The van der Waals surface area contributed by atoms with Crippen LogP contribution in [-0.2, 0) is 11.3 Å². The van der Waals surface area contributed by atoms with E-state index in [1.54, 1.807) is 6.07 Å². The maximum atomic E-state index is 11.7. The van der Waals surface area contributed by atoms with E-state index in [0.717, 1.165) is 22.7 Å². The van der Waals surface area contributed by atoms with Crippen LogP contribution in [0.3, 0.4) is 0 Å². The lowest BCUT2D eigenvalue weighted by atomic mass is 10.1. The topological polar surface area (TPSA) is 90.4 Å². The normalized spacial score (nSPS) is 10.5. The fourth-order valence-corrected chi connectivity index (χ4v) is 1.97. The Morgan fingerprint density at radius 2 is 2.10 bits per heavy atom. The number of esters is 1. The Morgan fingerprint density at radius 3 is 2.67 bits per heavy atom. The summed E-state index contributed by atoms with van der Waals surface area (Å²) in [5.74, 6) is 0.941. The number of nitrogen functional groups attached to an aromatic ring is 1. The molecule has 0 saturated heterocycles. The van der Waals surface area contributed by atoms with Crippen molar-refractivity contribution < 1.29 is 13.9 Å². The summed E-state index contributed by atoms with van der Waals surface area (Å²) in [6.07, 6.45) is 0. The highest BCUT2D eigenvalue weighted by atomic mass is 16.5. The van der Waals surface area contributed by atoms with E-state index < -0.39 is 5.97 Å². The van der Waals surface area contributed by atoms with Crippen molar-refractivity contribution in [3.63, 3.8) is 0 Å². The molecule has 112 valence electrons. The van der Waals surface area contributed by atoms with Crippen LogP contribution < -0.4 is 11.1 Å². The van der Waals surface area contributed by atoms with Gasteiger partial charge in [0, 0.05) is 11.4 Å². The molecule has 3 N–H and O–H groups in total. The molecular formula is C15H19N3O3. The molecular weight excluding hydrogens is 270 g/mol. The predicted molar refractivity (Wildman–Crippen MR) is 80.2 cm³/mol. The van der Waals surface area contributed by atoms with Gasteiger partial charge in [-0.2, -0.15) is 0 Å². The van der Waals surface area contributed by atoms with Gasteiger partial charge < -0.3 is 20.2 Å². The summed E-state index contributed by atoms with van der Waals surface area (Å²) in [7, 11) is 1.33. The first-order valence-corrected chi connectivity index (χ1v) is 6.57. The zero-order valence-electron chi connectivity index (χ0n) is 12.6. The number of hydrogen-bond donors (Lipinski definition) is 2. The highest BCUT2D eigenvalue weighted by molar-refractivity contribution is 5.97. The van der Waals surface area contributed by atoms with E-state index in [4.69, 9.17) is 14.9 Å². The van der Waals surface area contributed by atoms with Crippen molar-refractivity contribution in [1.82, 2.24) is 4.98 Å². The van der Waals surface area contributed by atoms with Crippen LogP contribution in [-0.4, -0.2) is 18.1 Å². The van der Waals surface area contributed by atoms with E-state index in [-0.39, 0.29) is 0 Å². The molecule has 21 heavy (non-hydrogen) atoms.